The van der Waals surface area contributed by atoms with Crippen molar-refractivity contribution in [3.05, 3.63) is 64.7 Å². The molecule has 12 nitrogen and oxygen atoms in total. The molecule has 3 aliphatic rings. The van der Waals surface area contributed by atoms with Crippen molar-refractivity contribution in [2.75, 3.05) is 38.0 Å². The van der Waals surface area contributed by atoms with E-state index in [2.05, 4.69) is 27.8 Å². The summed E-state index contributed by atoms with van der Waals surface area (Å²) in [5.41, 5.74) is 1.97. The summed E-state index contributed by atoms with van der Waals surface area (Å²) < 4.78 is 0. The quantitative estimate of drug-likeness (QED) is 0.461. The number of hydrogen-bond acceptors (Lipinski definition) is 7. The molecule has 0 bridgehead atoms. The van der Waals surface area contributed by atoms with Gasteiger partial charge in [0.15, 0.2) is 0 Å². The minimum atomic E-state index is -1.04. The molecular formula is C28H30N6O6. The van der Waals surface area contributed by atoms with E-state index in [0.29, 0.717) is 29.9 Å². The van der Waals surface area contributed by atoms with E-state index in [0.717, 1.165) is 24.5 Å². The number of nitrogens with one attached hydrogen (secondary N) is 3. The Hall–Kier alpha value is -4.58. The van der Waals surface area contributed by atoms with Crippen LogP contribution < -0.4 is 16.0 Å². The maximum Gasteiger partial charge on any atom is 0.319 e. The Labute approximate surface area is 230 Å². The average Bonchev–Trinajstić information content (AvgIpc) is 3.21. The summed E-state index contributed by atoms with van der Waals surface area (Å²) in [7, 11) is 0. The molecule has 0 aromatic heterocycles. The van der Waals surface area contributed by atoms with Gasteiger partial charge in [0.1, 0.15) is 6.04 Å². The van der Waals surface area contributed by atoms with Crippen molar-refractivity contribution in [3.63, 3.8) is 0 Å². The Kier molecular flexibility index (Phi) is 7.60. The molecule has 208 valence electrons. The Morgan fingerprint density at radius 3 is 2.30 bits per heavy atom. The molecule has 3 N–H and O–H groups in total. The lowest BCUT2D eigenvalue weighted by Crippen LogP contribution is -2.54. The zero-order valence-electron chi connectivity index (χ0n) is 22.1. The summed E-state index contributed by atoms with van der Waals surface area (Å²) in [6, 6.07) is 9.81. The number of urea groups is 1. The van der Waals surface area contributed by atoms with Gasteiger partial charge >= 0.3 is 6.03 Å². The summed E-state index contributed by atoms with van der Waals surface area (Å²) in [5.74, 6) is -2.33. The molecule has 3 aliphatic heterocycles. The molecule has 7 amide bonds. The van der Waals surface area contributed by atoms with Gasteiger partial charge in [-0.3, -0.25) is 34.2 Å². The molecule has 0 saturated carbocycles. The van der Waals surface area contributed by atoms with Crippen molar-refractivity contribution in [1.82, 2.24) is 25.3 Å². The van der Waals surface area contributed by atoms with Gasteiger partial charge in [-0.2, -0.15) is 0 Å². The molecule has 3 heterocycles. The van der Waals surface area contributed by atoms with E-state index in [1.165, 1.54) is 12.1 Å². The highest BCUT2D eigenvalue weighted by molar-refractivity contribution is 6.23. The third-order valence-corrected chi connectivity index (χ3v) is 7.45. The van der Waals surface area contributed by atoms with Crippen LogP contribution in [-0.2, 0) is 16.1 Å². The van der Waals surface area contributed by atoms with Crippen LogP contribution in [0.15, 0.2) is 42.5 Å². The highest BCUT2D eigenvalue weighted by atomic mass is 16.2. The first kappa shape index (κ1) is 27.0. The van der Waals surface area contributed by atoms with E-state index < -0.39 is 35.7 Å². The summed E-state index contributed by atoms with van der Waals surface area (Å²) in [6.45, 7) is 6.24. The second-order valence-corrected chi connectivity index (χ2v) is 9.94. The topological polar surface area (TPSA) is 148 Å². The zero-order valence-corrected chi connectivity index (χ0v) is 22.1. The minimum absolute atomic E-state index is 0.0347. The molecule has 12 heteroatoms. The molecule has 2 fully saturated rings. The smallest absolute Gasteiger partial charge is 0.319 e. The van der Waals surface area contributed by atoms with Crippen LogP contribution in [-0.4, -0.2) is 89.0 Å². The second-order valence-electron chi connectivity index (χ2n) is 9.94. The molecule has 2 aromatic carbocycles. The number of fused-ring (bicyclic) bond motifs is 1. The van der Waals surface area contributed by atoms with Crippen LogP contribution in [0.5, 0.6) is 0 Å². The molecule has 1 unspecified atom stereocenters. The van der Waals surface area contributed by atoms with Gasteiger partial charge in [-0.05, 0) is 54.9 Å². The van der Waals surface area contributed by atoms with Crippen LogP contribution in [0.1, 0.15) is 56.4 Å². The lowest BCUT2D eigenvalue weighted by molar-refractivity contribution is -0.136. The van der Waals surface area contributed by atoms with E-state index in [1.54, 1.807) is 30.3 Å². The van der Waals surface area contributed by atoms with Gasteiger partial charge in [0.05, 0.1) is 11.1 Å². The third kappa shape index (κ3) is 5.43. The molecule has 5 rings (SSSR count). The Morgan fingerprint density at radius 1 is 0.925 bits per heavy atom. The second kappa shape index (κ2) is 11.3. The zero-order chi connectivity index (χ0) is 28.4. The summed E-state index contributed by atoms with van der Waals surface area (Å²) in [4.78, 5) is 79.8. The van der Waals surface area contributed by atoms with Crippen molar-refractivity contribution in [3.8, 4) is 0 Å². The van der Waals surface area contributed by atoms with Crippen LogP contribution in [0, 0.1) is 0 Å². The minimum Gasteiger partial charge on any atom is -0.336 e. The first-order valence-electron chi connectivity index (χ1n) is 13.3. The maximum absolute atomic E-state index is 13.0. The van der Waals surface area contributed by atoms with Gasteiger partial charge in [0.25, 0.3) is 17.7 Å². The fourth-order valence-corrected chi connectivity index (χ4v) is 5.13. The van der Waals surface area contributed by atoms with Crippen molar-refractivity contribution in [1.29, 1.82) is 0 Å². The largest absolute Gasteiger partial charge is 0.336 e. The van der Waals surface area contributed by atoms with E-state index in [1.807, 2.05) is 4.90 Å². The van der Waals surface area contributed by atoms with Crippen LogP contribution in [0.4, 0.5) is 10.5 Å². The average molecular weight is 547 g/mol. The highest BCUT2D eigenvalue weighted by Crippen LogP contribution is 2.28. The number of carbonyl (C=O) groups is 6. The molecule has 2 aromatic rings. The summed E-state index contributed by atoms with van der Waals surface area (Å²) in [6.07, 6.45) is 0.124. The molecule has 40 heavy (non-hydrogen) atoms. The fourth-order valence-electron chi connectivity index (χ4n) is 5.13. The highest BCUT2D eigenvalue weighted by Gasteiger charge is 2.44. The lowest BCUT2D eigenvalue weighted by Gasteiger charge is -2.34. The molecular weight excluding hydrogens is 516 g/mol. The van der Waals surface area contributed by atoms with E-state index >= 15 is 0 Å². The number of piperidine rings is 1. The number of anilines is 1. The normalized spacial score (nSPS) is 19.4. The number of amides is 7. The number of imide groups is 2. The van der Waals surface area contributed by atoms with Gasteiger partial charge in [0.2, 0.25) is 11.8 Å². The number of piperazine rings is 1. The van der Waals surface area contributed by atoms with Crippen LogP contribution in [0.2, 0.25) is 0 Å². The predicted octanol–water partition coefficient (Wildman–Crippen LogP) is 1.19. The number of benzene rings is 2. The predicted molar refractivity (Wildman–Crippen MR) is 143 cm³/mol. The summed E-state index contributed by atoms with van der Waals surface area (Å²) >= 11 is 0. The maximum atomic E-state index is 13.0. The van der Waals surface area contributed by atoms with Gasteiger partial charge in [0, 0.05) is 50.4 Å². The van der Waals surface area contributed by atoms with Crippen LogP contribution in [0.3, 0.4) is 0 Å². The van der Waals surface area contributed by atoms with Crippen molar-refractivity contribution < 1.29 is 28.8 Å². The lowest BCUT2D eigenvalue weighted by atomic mass is 10.0. The fraction of sp³-hybridized carbons (Fsp3) is 0.357. The van der Waals surface area contributed by atoms with Crippen LogP contribution in [0.25, 0.3) is 0 Å². The Balaban J connectivity index is 1.15. The first-order valence-corrected chi connectivity index (χ1v) is 13.3. The van der Waals surface area contributed by atoms with Crippen LogP contribution >= 0.6 is 0 Å². The summed E-state index contributed by atoms with van der Waals surface area (Å²) in [5, 5.41) is 7.59. The Morgan fingerprint density at radius 2 is 1.62 bits per heavy atom. The number of rotatable bonds is 6. The molecule has 2 saturated heterocycles. The number of hydrogen-bond donors (Lipinski definition) is 3. The van der Waals surface area contributed by atoms with Crippen molar-refractivity contribution >= 4 is 41.3 Å². The van der Waals surface area contributed by atoms with E-state index in [4.69, 9.17) is 0 Å². The Bertz CT molecular complexity index is 1380. The number of likely N-dealkylation sites (N-methyl/N-ethyl adjacent to an activating group) is 1. The van der Waals surface area contributed by atoms with Gasteiger partial charge < -0.3 is 20.4 Å². The van der Waals surface area contributed by atoms with Gasteiger partial charge in [-0.15, -0.1) is 0 Å². The molecule has 0 aliphatic carbocycles. The van der Waals surface area contributed by atoms with Crippen molar-refractivity contribution in [2.45, 2.75) is 32.4 Å². The monoisotopic (exact) mass is 546 g/mol. The molecule has 0 spiro atoms. The van der Waals surface area contributed by atoms with Gasteiger partial charge in [-0.25, -0.2) is 4.79 Å². The van der Waals surface area contributed by atoms with E-state index in [9.17, 15) is 28.8 Å². The first-order chi connectivity index (χ1) is 19.2. The SMILES string of the molecule is CCN1CCN(C(=O)c2ccc(NC(=O)NCc3ccc4c(c3)C(=O)N(C3CCC(=O)NC3=O)C4=O)cc2)CC1. The molecule has 0 radical (unpaired) electrons. The number of nitrogens with zero attached hydrogens (tertiary/aromatic N) is 3. The molecule has 1 atom stereocenters. The standard InChI is InChI=1S/C28H30N6O6/c1-2-32-11-13-33(14-12-32)25(37)18-4-6-19(7-5-18)30-28(40)29-16-17-3-8-20-21(15-17)27(39)34(26(20)38)22-9-10-23(35)31-24(22)36/h3-8,15,22H,2,9-14,16H2,1H3,(H2,29,30,40)(H,31,35,36). The van der Waals surface area contributed by atoms with Gasteiger partial charge in [-0.1, -0.05) is 13.0 Å². The third-order valence-electron chi connectivity index (χ3n) is 7.45. The van der Waals surface area contributed by atoms with Crippen molar-refractivity contribution in [2.24, 2.45) is 0 Å². The number of carbonyl (C=O) groups excluding carboxylic acids is 6. The van der Waals surface area contributed by atoms with E-state index in [-0.39, 0.29) is 36.4 Å².